The number of likely N-dealkylation sites (N-methyl/N-ethyl adjacent to an activating group) is 1. The third-order valence-electron chi connectivity index (χ3n) is 2.23. The standard InChI is InChI=1S/C11H22N4/c1-4-5-12-8-11-9-15(10-13-11)7-6-14(2)3/h9-10,12H,4-8H2,1-3H3. The maximum absolute atomic E-state index is 4.35. The summed E-state index contributed by atoms with van der Waals surface area (Å²) in [7, 11) is 4.17. The Labute approximate surface area is 92.3 Å². The van der Waals surface area contributed by atoms with Gasteiger partial charge in [-0.25, -0.2) is 4.98 Å². The number of nitrogens with one attached hydrogen (secondary N) is 1. The van der Waals surface area contributed by atoms with Gasteiger partial charge in [0.1, 0.15) is 0 Å². The van der Waals surface area contributed by atoms with Crippen molar-refractivity contribution in [2.24, 2.45) is 0 Å². The topological polar surface area (TPSA) is 33.1 Å². The van der Waals surface area contributed by atoms with Crippen LogP contribution in [0.1, 0.15) is 19.0 Å². The molecule has 0 saturated heterocycles. The molecule has 0 saturated carbocycles. The first-order valence-electron chi connectivity index (χ1n) is 5.58. The lowest BCUT2D eigenvalue weighted by Gasteiger charge is -2.08. The molecule has 1 N–H and O–H groups in total. The Morgan fingerprint density at radius 3 is 2.93 bits per heavy atom. The van der Waals surface area contributed by atoms with Gasteiger partial charge in [0.25, 0.3) is 0 Å². The third kappa shape index (κ3) is 4.95. The first-order valence-corrected chi connectivity index (χ1v) is 5.58. The van der Waals surface area contributed by atoms with E-state index >= 15 is 0 Å². The number of rotatable bonds is 7. The van der Waals surface area contributed by atoms with E-state index in [2.05, 4.69) is 47.0 Å². The second-order valence-electron chi connectivity index (χ2n) is 4.08. The highest BCUT2D eigenvalue weighted by atomic mass is 15.1. The molecule has 0 aliphatic heterocycles. The molecule has 1 heterocycles. The van der Waals surface area contributed by atoms with E-state index < -0.39 is 0 Å². The molecule has 0 radical (unpaired) electrons. The molecule has 0 aliphatic rings. The molecule has 0 aliphatic carbocycles. The number of hydrogen-bond acceptors (Lipinski definition) is 3. The molecule has 0 fully saturated rings. The van der Waals surface area contributed by atoms with E-state index in [1.54, 1.807) is 0 Å². The Balaban J connectivity index is 2.29. The highest BCUT2D eigenvalue weighted by Crippen LogP contribution is 1.96. The van der Waals surface area contributed by atoms with Crippen molar-refractivity contribution in [1.29, 1.82) is 0 Å². The van der Waals surface area contributed by atoms with Crippen LogP contribution >= 0.6 is 0 Å². The molecule has 4 nitrogen and oxygen atoms in total. The van der Waals surface area contributed by atoms with Crippen molar-refractivity contribution >= 4 is 0 Å². The summed E-state index contributed by atoms with van der Waals surface area (Å²) in [5, 5.41) is 3.34. The molecule has 0 bridgehead atoms. The largest absolute Gasteiger partial charge is 0.336 e. The van der Waals surface area contributed by atoms with Crippen molar-refractivity contribution in [2.45, 2.75) is 26.4 Å². The van der Waals surface area contributed by atoms with E-state index in [1.807, 2.05) is 6.33 Å². The summed E-state index contributed by atoms with van der Waals surface area (Å²) in [6, 6.07) is 0. The lowest BCUT2D eigenvalue weighted by Crippen LogP contribution is -2.17. The van der Waals surface area contributed by atoms with Gasteiger partial charge < -0.3 is 14.8 Å². The Morgan fingerprint density at radius 1 is 1.47 bits per heavy atom. The van der Waals surface area contributed by atoms with Crippen LogP contribution in [-0.2, 0) is 13.1 Å². The minimum atomic E-state index is 0.878. The van der Waals surface area contributed by atoms with Gasteiger partial charge >= 0.3 is 0 Å². The zero-order valence-corrected chi connectivity index (χ0v) is 10.0. The van der Waals surface area contributed by atoms with Crippen LogP contribution < -0.4 is 5.32 Å². The van der Waals surface area contributed by atoms with Gasteiger partial charge in [-0.3, -0.25) is 0 Å². The van der Waals surface area contributed by atoms with Crippen molar-refractivity contribution in [3.63, 3.8) is 0 Å². The van der Waals surface area contributed by atoms with E-state index in [0.29, 0.717) is 0 Å². The van der Waals surface area contributed by atoms with Crippen molar-refractivity contribution in [3.8, 4) is 0 Å². The first kappa shape index (κ1) is 12.2. The monoisotopic (exact) mass is 210 g/mol. The SMILES string of the molecule is CCCNCc1cn(CCN(C)C)cn1. The van der Waals surface area contributed by atoms with Gasteiger partial charge in [-0.05, 0) is 27.1 Å². The van der Waals surface area contributed by atoms with E-state index in [-0.39, 0.29) is 0 Å². The quantitative estimate of drug-likeness (QED) is 0.680. The summed E-state index contributed by atoms with van der Waals surface area (Å²) >= 11 is 0. The van der Waals surface area contributed by atoms with Gasteiger partial charge in [-0.1, -0.05) is 6.92 Å². The molecule has 1 aromatic rings. The van der Waals surface area contributed by atoms with Gasteiger partial charge in [0.2, 0.25) is 0 Å². The Hall–Kier alpha value is -0.870. The van der Waals surface area contributed by atoms with Gasteiger partial charge in [0.05, 0.1) is 12.0 Å². The second kappa shape index (κ2) is 6.58. The van der Waals surface area contributed by atoms with E-state index in [9.17, 15) is 0 Å². The fraction of sp³-hybridized carbons (Fsp3) is 0.727. The van der Waals surface area contributed by atoms with Gasteiger partial charge in [0.15, 0.2) is 0 Å². The molecule has 0 aromatic carbocycles. The minimum Gasteiger partial charge on any atom is -0.336 e. The average Bonchev–Trinajstić information content (AvgIpc) is 2.63. The van der Waals surface area contributed by atoms with Crippen LogP contribution in [0.2, 0.25) is 0 Å². The fourth-order valence-corrected chi connectivity index (χ4v) is 1.33. The van der Waals surface area contributed by atoms with Crippen molar-refractivity contribution < 1.29 is 0 Å². The highest BCUT2D eigenvalue weighted by Gasteiger charge is 1.98. The molecule has 4 heteroatoms. The Morgan fingerprint density at radius 2 is 2.27 bits per heavy atom. The summed E-state index contributed by atoms with van der Waals surface area (Å²) in [6.07, 6.45) is 5.19. The van der Waals surface area contributed by atoms with Crippen LogP contribution in [0.3, 0.4) is 0 Å². The van der Waals surface area contributed by atoms with Crippen molar-refractivity contribution in [2.75, 3.05) is 27.2 Å². The number of hydrogen-bond donors (Lipinski definition) is 1. The number of nitrogens with zero attached hydrogens (tertiary/aromatic N) is 3. The zero-order valence-electron chi connectivity index (χ0n) is 10.0. The van der Waals surface area contributed by atoms with Gasteiger partial charge in [-0.15, -0.1) is 0 Å². The van der Waals surface area contributed by atoms with Crippen molar-refractivity contribution in [1.82, 2.24) is 19.8 Å². The first-order chi connectivity index (χ1) is 7.22. The van der Waals surface area contributed by atoms with Gasteiger partial charge in [0, 0.05) is 25.8 Å². The fourth-order valence-electron chi connectivity index (χ4n) is 1.33. The molecule has 86 valence electrons. The van der Waals surface area contributed by atoms with Crippen LogP contribution in [0, 0.1) is 0 Å². The summed E-state index contributed by atoms with van der Waals surface area (Å²) in [4.78, 5) is 6.52. The van der Waals surface area contributed by atoms with Gasteiger partial charge in [-0.2, -0.15) is 0 Å². The molecular weight excluding hydrogens is 188 g/mol. The maximum atomic E-state index is 4.35. The molecule has 15 heavy (non-hydrogen) atoms. The van der Waals surface area contributed by atoms with E-state index in [0.717, 1.165) is 31.9 Å². The van der Waals surface area contributed by atoms with Crippen molar-refractivity contribution in [3.05, 3.63) is 18.2 Å². The smallest absolute Gasteiger partial charge is 0.0950 e. The van der Waals surface area contributed by atoms with Crippen LogP contribution in [-0.4, -0.2) is 41.6 Å². The predicted molar refractivity (Wildman–Crippen MR) is 62.8 cm³/mol. The van der Waals surface area contributed by atoms with E-state index in [1.165, 1.54) is 6.42 Å². The molecule has 1 aromatic heterocycles. The summed E-state index contributed by atoms with van der Waals surface area (Å²) in [5.41, 5.74) is 1.13. The third-order valence-corrected chi connectivity index (χ3v) is 2.23. The summed E-state index contributed by atoms with van der Waals surface area (Å²) in [5.74, 6) is 0. The molecule has 0 amide bonds. The molecular formula is C11H22N4. The predicted octanol–water partition coefficient (Wildman–Crippen LogP) is 0.944. The lowest BCUT2D eigenvalue weighted by molar-refractivity contribution is 0.383. The zero-order chi connectivity index (χ0) is 11.1. The molecule has 0 spiro atoms. The Kier molecular flexibility index (Phi) is 5.36. The summed E-state index contributed by atoms with van der Waals surface area (Å²) in [6.45, 7) is 6.17. The maximum Gasteiger partial charge on any atom is 0.0950 e. The van der Waals surface area contributed by atoms with Crippen LogP contribution in [0.15, 0.2) is 12.5 Å². The second-order valence-corrected chi connectivity index (χ2v) is 4.08. The van der Waals surface area contributed by atoms with E-state index in [4.69, 9.17) is 0 Å². The average molecular weight is 210 g/mol. The molecule has 0 atom stereocenters. The molecule has 1 rings (SSSR count). The van der Waals surface area contributed by atoms with Crippen LogP contribution in [0.5, 0.6) is 0 Å². The number of aromatic nitrogens is 2. The highest BCUT2D eigenvalue weighted by molar-refractivity contribution is 4.96. The number of imidazole rings is 1. The molecule has 0 unspecified atom stereocenters. The summed E-state index contributed by atoms with van der Waals surface area (Å²) < 4.78 is 2.14. The lowest BCUT2D eigenvalue weighted by atomic mass is 10.4. The van der Waals surface area contributed by atoms with Crippen LogP contribution in [0.4, 0.5) is 0 Å². The minimum absolute atomic E-state index is 0.878. The normalized spacial score (nSPS) is 11.2. The van der Waals surface area contributed by atoms with Crippen LogP contribution in [0.25, 0.3) is 0 Å². The Bertz CT molecular complexity index is 267.